The van der Waals surface area contributed by atoms with Crippen LogP contribution in [0, 0.1) is 5.92 Å². The first-order valence-corrected chi connectivity index (χ1v) is 8.11. The summed E-state index contributed by atoms with van der Waals surface area (Å²) in [5, 5.41) is 12.7. The molecule has 0 unspecified atom stereocenters. The zero-order valence-electron chi connectivity index (χ0n) is 11.2. The van der Waals surface area contributed by atoms with Gasteiger partial charge in [-0.1, -0.05) is 13.8 Å². The first-order valence-electron chi connectivity index (χ1n) is 5.74. The average molecular weight is 320 g/mol. The van der Waals surface area contributed by atoms with Crippen molar-refractivity contribution < 1.29 is 23.1 Å². The Balaban J connectivity index is 2.92. The Morgan fingerprint density at radius 3 is 2.40 bits per heavy atom. The summed E-state index contributed by atoms with van der Waals surface area (Å²) in [5.74, 6) is -2.02. The number of rotatable bonds is 6. The maximum atomic E-state index is 11.9. The first kappa shape index (κ1) is 16.6. The van der Waals surface area contributed by atoms with E-state index >= 15 is 0 Å². The van der Waals surface area contributed by atoms with Gasteiger partial charge in [0.05, 0.1) is 9.77 Å². The van der Waals surface area contributed by atoms with Crippen LogP contribution in [0.2, 0.25) is 0 Å². The molecule has 0 fully saturated rings. The standard InChI is InChI=1S/C11H16N2O5S2/c1-6(2)9(11(15)16)13-10(14)8-4-7(5-19-8)20(17,18)12-3/h4-6,9,12H,1-3H3,(H,13,14)(H,15,16)/t9-/m0/s1. The number of carboxylic acids is 1. The lowest BCUT2D eigenvalue weighted by Gasteiger charge is -2.17. The minimum absolute atomic E-state index is 0.0217. The Morgan fingerprint density at radius 1 is 1.35 bits per heavy atom. The molecule has 0 spiro atoms. The zero-order valence-corrected chi connectivity index (χ0v) is 12.8. The fourth-order valence-corrected chi connectivity index (χ4v) is 3.33. The predicted octanol–water partition coefficient (Wildman–Crippen LogP) is 0.495. The predicted molar refractivity (Wildman–Crippen MR) is 74.3 cm³/mol. The van der Waals surface area contributed by atoms with Crippen LogP contribution in [-0.4, -0.2) is 38.5 Å². The van der Waals surface area contributed by atoms with Crippen molar-refractivity contribution in [2.75, 3.05) is 7.05 Å². The SMILES string of the molecule is CNS(=O)(=O)c1csc(C(=O)N[C@H](C(=O)O)C(C)C)c1. The summed E-state index contributed by atoms with van der Waals surface area (Å²) in [5.41, 5.74) is 0. The van der Waals surface area contributed by atoms with Gasteiger partial charge in [0.1, 0.15) is 6.04 Å². The topological polar surface area (TPSA) is 113 Å². The number of thiophene rings is 1. The highest BCUT2D eigenvalue weighted by molar-refractivity contribution is 7.89. The summed E-state index contributed by atoms with van der Waals surface area (Å²) < 4.78 is 25.2. The van der Waals surface area contributed by atoms with E-state index < -0.39 is 27.9 Å². The van der Waals surface area contributed by atoms with Crippen LogP contribution >= 0.6 is 11.3 Å². The molecule has 0 aliphatic carbocycles. The second-order valence-corrected chi connectivity index (χ2v) is 7.19. The summed E-state index contributed by atoms with van der Waals surface area (Å²) in [6.07, 6.45) is 0. The summed E-state index contributed by atoms with van der Waals surface area (Å²) in [6, 6.07) is 0.194. The fraction of sp³-hybridized carbons (Fsp3) is 0.455. The van der Waals surface area contributed by atoms with Crippen LogP contribution in [0.3, 0.4) is 0 Å². The third kappa shape index (κ3) is 3.78. The minimum Gasteiger partial charge on any atom is -0.480 e. The highest BCUT2D eigenvalue weighted by atomic mass is 32.2. The van der Waals surface area contributed by atoms with E-state index in [1.54, 1.807) is 13.8 Å². The number of carbonyl (C=O) groups excluding carboxylic acids is 1. The van der Waals surface area contributed by atoms with Gasteiger partial charge in [-0.2, -0.15) is 0 Å². The number of aliphatic carboxylic acids is 1. The van der Waals surface area contributed by atoms with Crippen molar-refractivity contribution in [2.45, 2.75) is 24.8 Å². The van der Waals surface area contributed by atoms with Crippen molar-refractivity contribution in [1.82, 2.24) is 10.0 Å². The van der Waals surface area contributed by atoms with Crippen molar-refractivity contribution >= 4 is 33.2 Å². The molecule has 0 radical (unpaired) electrons. The van der Waals surface area contributed by atoms with E-state index in [0.29, 0.717) is 0 Å². The molecule has 1 aromatic rings. The van der Waals surface area contributed by atoms with E-state index in [4.69, 9.17) is 5.11 Å². The second-order valence-electron chi connectivity index (χ2n) is 4.39. The van der Waals surface area contributed by atoms with Crippen LogP contribution < -0.4 is 10.0 Å². The van der Waals surface area contributed by atoms with Gasteiger partial charge in [-0.05, 0) is 19.0 Å². The van der Waals surface area contributed by atoms with E-state index in [1.807, 2.05) is 0 Å². The van der Waals surface area contributed by atoms with Gasteiger partial charge in [0.25, 0.3) is 5.91 Å². The van der Waals surface area contributed by atoms with Crippen LogP contribution in [0.15, 0.2) is 16.3 Å². The van der Waals surface area contributed by atoms with Crippen molar-refractivity contribution in [3.63, 3.8) is 0 Å². The molecule has 1 amide bonds. The second kappa shape index (κ2) is 6.33. The van der Waals surface area contributed by atoms with Crippen LogP contribution in [0.5, 0.6) is 0 Å². The van der Waals surface area contributed by atoms with Gasteiger partial charge in [0.15, 0.2) is 0 Å². The molecule has 1 atom stereocenters. The summed E-state index contributed by atoms with van der Waals surface area (Å²) in [6.45, 7) is 3.34. The van der Waals surface area contributed by atoms with Crippen LogP contribution in [-0.2, 0) is 14.8 Å². The third-order valence-electron chi connectivity index (χ3n) is 2.60. The van der Waals surface area contributed by atoms with Gasteiger partial charge in [0.2, 0.25) is 10.0 Å². The normalized spacial score (nSPS) is 13.2. The number of hydrogen-bond acceptors (Lipinski definition) is 5. The Labute approximate surface area is 121 Å². The monoisotopic (exact) mass is 320 g/mol. The Hall–Kier alpha value is -1.45. The summed E-state index contributed by atoms with van der Waals surface area (Å²) in [4.78, 5) is 23.0. The smallest absolute Gasteiger partial charge is 0.326 e. The van der Waals surface area contributed by atoms with Gasteiger partial charge < -0.3 is 10.4 Å². The van der Waals surface area contributed by atoms with E-state index in [2.05, 4.69) is 10.0 Å². The van der Waals surface area contributed by atoms with Gasteiger partial charge in [-0.15, -0.1) is 11.3 Å². The molecule has 1 heterocycles. The molecule has 112 valence electrons. The Kier molecular flexibility index (Phi) is 5.26. The molecule has 0 aliphatic rings. The van der Waals surface area contributed by atoms with E-state index in [-0.39, 0.29) is 15.7 Å². The third-order valence-corrected chi connectivity index (χ3v) is 5.07. The molecule has 0 bridgehead atoms. The lowest BCUT2D eigenvalue weighted by molar-refractivity contribution is -0.140. The largest absolute Gasteiger partial charge is 0.480 e. The number of amides is 1. The van der Waals surface area contributed by atoms with E-state index in [1.165, 1.54) is 18.5 Å². The highest BCUT2D eigenvalue weighted by Crippen LogP contribution is 2.19. The van der Waals surface area contributed by atoms with E-state index in [0.717, 1.165) is 11.3 Å². The number of carbonyl (C=O) groups is 2. The quantitative estimate of drug-likeness (QED) is 0.706. The lowest BCUT2D eigenvalue weighted by Crippen LogP contribution is -2.44. The molecule has 0 saturated carbocycles. The van der Waals surface area contributed by atoms with Crippen molar-refractivity contribution in [3.8, 4) is 0 Å². The molecule has 1 aromatic heterocycles. The molecular weight excluding hydrogens is 304 g/mol. The summed E-state index contributed by atoms with van der Waals surface area (Å²) in [7, 11) is -2.34. The minimum atomic E-state index is -3.61. The van der Waals surface area contributed by atoms with Gasteiger partial charge in [0, 0.05) is 5.38 Å². The maximum absolute atomic E-state index is 11.9. The number of hydrogen-bond donors (Lipinski definition) is 3. The average Bonchev–Trinajstić information content (AvgIpc) is 2.85. The molecule has 7 nitrogen and oxygen atoms in total. The fourth-order valence-electron chi connectivity index (χ4n) is 1.42. The van der Waals surface area contributed by atoms with Crippen LogP contribution in [0.1, 0.15) is 23.5 Å². The number of carboxylic acid groups (broad SMARTS) is 1. The number of nitrogens with one attached hydrogen (secondary N) is 2. The molecule has 3 N–H and O–H groups in total. The molecular formula is C11H16N2O5S2. The van der Waals surface area contributed by atoms with Crippen molar-refractivity contribution in [3.05, 3.63) is 16.3 Å². The molecule has 0 saturated heterocycles. The van der Waals surface area contributed by atoms with Gasteiger partial charge >= 0.3 is 5.97 Å². The lowest BCUT2D eigenvalue weighted by atomic mass is 10.0. The van der Waals surface area contributed by atoms with Gasteiger partial charge in [-0.25, -0.2) is 17.9 Å². The summed E-state index contributed by atoms with van der Waals surface area (Å²) >= 11 is 0.941. The zero-order chi connectivity index (χ0) is 15.5. The molecule has 1 rings (SSSR count). The molecule has 0 aromatic carbocycles. The van der Waals surface area contributed by atoms with E-state index in [9.17, 15) is 18.0 Å². The van der Waals surface area contributed by atoms with Crippen LogP contribution in [0.4, 0.5) is 0 Å². The van der Waals surface area contributed by atoms with Crippen molar-refractivity contribution in [2.24, 2.45) is 5.92 Å². The van der Waals surface area contributed by atoms with Crippen molar-refractivity contribution in [1.29, 1.82) is 0 Å². The molecule has 0 aliphatic heterocycles. The molecule has 20 heavy (non-hydrogen) atoms. The highest BCUT2D eigenvalue weighted by Gasteiger charge is 2.25. The van der Waals surface area contributed by atoms with Gasteiger partial charge in [-0.3, -0.25) is 4.79 Å². The molecule has 9 heteroatoms. The Morgan fingerprint density at radius 2 is 1.95 bits per heavy atom. The number of sulfonamides is 1. The Bertz CT molecular complexity index is 606. The first-order chi connectivity index (χ1) is 9.19. The van der Waals surface area contributed by atoms with Crippen LogP contribution in [0.25, 0.3) is 0 Å². The maximum Gasteiger partial charge on any atom is 0.326 e.